The van der Waals surface area contributed by atoms with Crippen molar-refractivity contribution < 1.29 is 39.9 Å². The van der Waals surface area contributed by atoms with Gasteiger partial charge in [-0.1, -0.05) is 12.1 Å². The Balaban J connectivity index is 0.000000317. The molecule has 0 atom stereocenters. The summed E-state index contributed by atoms with van der Waals surface area (Å²) in [6.07, 6.45) is 4.49. The van der Waals surface area contributed by atoms with Crippen molar-refractivity contribution in [2.24, 2.45) is 0 Å². The van der Waals surface area contributed by atoms with Crippen molar-refractivity contribution >= 4 is 29.2 Å². The van der Waals surface area contributed by atoms with Crippen LogP contribution in [0.25, 0.3) is 0 Å². The molecule has 200 valence electrons. The molecule has 0 fully saturated rings. The standard InChI is InChI=1S/C19H23N3OS.C6H8O7/c1-16-3-8-19(24-16)14-22(11-2-10-21-12-9-20-15-21)13-17-4-6-18(23)7-5-17;7-3(8)1-6(13,5(11)12)2-4(9)10/h3-9,12,15,23H,2,10-11,13-14H2,1H3;13H,1-2H2,(H,7,8)(H,9,10)(H,11,12). The molecule has 1 aromatic carbocycles. The molecule has 12 heteroatoms. The van der Waals surface area contributed by atoms with Gasteiger partial charge in [-0.05, 0) is 43.2 Å². The van der Waals surface area contributed by atoms with Crippen molar-refractivity contribution in [3.05, 3.63) is 70.4 Å². The second-order valence-electron chi connectivity index (χ2n) is 8.52. The molecule has 0 saturated carbocycles. The number of benzene rings is 1. The number of imidazole rings is 1. The van der Waals surface area contributed by atoms with Gasteiger partial charge in [0, 0.05) is 48.3 Å². The smallest absolute Gasteiger partial charge is 0.336 e. The number of aromatic hydroxyl groups is 1. The molecule has 3 aromatic rings. The summed E-state index contributed by atoms with van der Waals surface area (Å²) in [4.78, 5) is 39.8. The molecule has 0 saturated heterocycles. The summed E-state index contributed by atoms with van der Waals surface area (Å²) in [5.74, 6) is -4.70. The first-order chi connectivity index (χ1) is 17.5. The van der Waals surface area contributed by atoms with Crippen LogP contribution in [0.5, 0.6) is 5.75 Å². The van der Waals surface area contributed by atoms with Crippen LogP contribution in [0.2, 0.25) is 0 Å². The second-order valence-corrected chi connectivity index (χ2v) is 9.89. The summed E-state index contributed by atoms with van der Waals surface area (Å²) in [5.41, 5.74) is -1.51. The fourth-order valence-corrected chi connectivity index (χ4v) is 4.41. The topological polar surface area (TPSA) is 173 Å². The third kappa shape index (κ3) is 10.8. The van der Waals surface area contributed by atoms with Gasteiger partial charge in [0.2, 0.25) is 0 Å². The Morgan fingerprint density at radius 3 is 2.14 bits per heavy atom. The average Bonchev–Trinajstić information content (AvgIpc) is 3.46. The third-order valence-electron chi connectivity index (χ3n) is 5.25. The van der Waals surface area contributed by atoms with Crippen molar-refractivity contribution in [3.63, 3.8) is 0 Å². The summed E-state index contributed by atoms with van der Waals surface area (Å²) in [5, 5.41) is 43.3. The van der Waals surface area contributed by atoms with E-state index in [1.165, 1.54) is 15.3 Å². The predicted molar refractivity (Wildman–Crippen MR) is 135 cm³/mol. The first-order valence-corrected chi connectivity index (χ1v) is 12.2. The van der Waals surface area contributed by atoms with Crippen LogP contribution in [-0.4, -0.2) is 70.0 Å². The van der Waals surface area contributed by atoms with Crippen LogP contribution in [0.15, 0.2) is 55.1 Å². The number of rotatable bonds is 13. The van der Waals surface area contributed by atoms with Crippen LogP contribution >= 0.6 is 11.3 Å². The molecule has 0 spiro atoms. The zero-order valence-corrected chi connectivity index (χ0v) is 21.2. The van der Waals surface area contributed by atoms with E-state index in [1.807, 2.05) is 42.2 Å². The molecular formula is C25H31N3O8S. The Morgan fingerprint density at radius 1 is 1.00 bits per heavy atom. The lowest BCUT2D eigenvalue weighted by Crippen LogP contribution is -2.42. The van der Waals surface area contributed by atoms with Crippen LogP contribution in [0.4, 0.5) is 0 Å². The Morgan fingerprint density at radius 2 is 1.65 bits per heavy atom. The second kappa shape index (κ2) is 14.1. The van der Waals surface area contributed by atoms with Gasteiger partial charge in [0.05, 0.1) is 19.2 Å². The predicted octanol–water partition coefficient (Wildman–Crippen LogP) is 2.80. The maximum Gasteiger partial charge on any atom is 0.336 e. The number of hydrogen-bond donors (Lipinski definition) is 5. The van der Waals surface area contributed by atoms with Gasteiger partial charge in [-0.15, -0.1) is 11.3 Å². The number of aromatic nitrogens is 2. The van der Waals surface area contributed by atoms with Crippen molar-refractivity contribution in [2.45, 2.75) is 51.4 Å². The number of phenolic OH excluding ortho intramolecular Hbond substituents is 1. The minimum atomic E-state index is -2.74. The summed E-state index contributed by atoms with van der Waals surface area (Å²) >= 11 is 1.86. The number of aliphatic carboxylic acids is 3. The monoisotopic (exact) mass is 533 g/mol. The Hall–Kier alpha value is -3.74. The molecule has 0 aliphatic rings. The van der Waals surface area contributed by atoms with Gasteiger partial charge in [-0.2, -0.15) is 0 Å². The number of phenols is 1. The molecule has 37 heavy (non-hydrogen) atoms. The number of carboxylic acid groups (broad SMARTS) is 3. The maximum absolute atomic E-state index is 10.3. The van der Waals surface area contributed by atoms with Crippen LogP contribution in [0, 0.1) is 6.92 Å². The van der Waals surface area contributed by atoms with Crippen molar-refractivity contribution in [1.82, 2.24) is 14.5 Å². The lowest BCUT2D eigenvalue weighted by molar-refractivity contribution is -0.170. The molecule has 5 N–H and O–H groups in total. The summed E-state index contributed by atoms with van der Waals surface area (Å²) in [6.45, 7) is 6.01. The minimum absolute atomic E-state index is 0.319. The van der Waals surface area contributed by atoms with Crippen LogP contribution in [0.3, 0.4) is 0 Å². The molecule has 3 rings (SSSR count). The Bertz CT molecular complexity index is 1130. The van der Waals surface area contributed by atoms with Gasteiger partial charge < -0.3 is 30.1 Å². The van der Waals surface area contributed by atoms with Crippen LogP contribution < -0.4 is 0 Å². The van der Waals surface area contributed by atoms with Gasteiger partial charge >= 0.3 is 17.9 Å². The fraction of sp³-hybridized carbons (Fsp3) is 0.360. The van der Waals surface area contributed by atoms with Gasteiger partial charge in [0.15, 0.2) is 5.60 Å². The number of carboxylic acids is 3. The van der Waals surface area contributed by atoms with Gasteiger partial charge in [0.25, 0.3) is 0 Å². The first kappa shape index (κ1) is 29.5. The quantitative estimate of drug-likeness (QED) is 0.220. The molecule has 0 aliphatic carbocycles. The Kier molecular flexibility index (Phi) is 11.2. The molecule has 11 nitrogen and oxygen atoms in total. The van der Waals surface area contributed by atoms with Crippen LogP contribution in [0.1, 0.15) is 34.6 Å². The van der Waals surface area contributed by atoms with E-state index in [2.05, 4.69) is 33.5 Å². The molecule has 0 unspecified atom stereocenters. The zero-order chi connectivity index (χ0) is 27.4. The zero-order valence-electron chi connectivity index (χ0n) is 20.4. The van der Waals surface area contributed by atoms with Crippen molar-refractivity contribution in [3.8, 4) is 5.75 Å². The molecule has 0 amide bonds. The Labute approximate surface area is 217 Å². The van der Waals surface area contributed by atoms with Crippen LogP contribution in [-0.2, 0) is 34.0 Å². The summed E-state index contributed by atoms with van der Waals surface area (Å²) < 4.78 is 2.12. The number of hydrogen-bond acceptors (Lipinski definition) is 8. The molecule has 0 bridgehead atoms. The highest BCUT2D eigenvalue weighted by Crippen LogP contribution is 2.20. The normalized spacial score (nSPS) is 11.1. The van der Waals surface area contributed by atoms with E-state index in [0.717, 1.165) is 32.6 Å². The van der Waals surface area contributed by atoms with Crippen molar-refractivity contribution in [2.75, 3.05) is 6.54 Å². The molecule has 0 radical (unpaired) electrons. The highest BCUT2D eigenvalue weighted by Gasteiger charge is 2.40. The largest absolute Gasteiger partial charge is 0.508 e. The lowest BCUT2D eigenvalue weighted by Gasteiger charge is -2.22. The highest BCUT2D eigenvalue weighted by atomic mass is 32.1. The fourth-order valence-electron chi connectivity index (χ4n) is 3.47. The molecular weight excluding hydrogens is 502 g/mol. The van der Waals surface area contributed by atoms with E-state index >= 15 is 0 Å². The molecule has 0 aliphatic heterocycles. The van der Waals surface area contributed by atoms with E-state index in [9.17, 15) is 19.5 Å². The van der Waals surface area contributed by atoms with Gasteiger partial charge in [0.1, 0.15) is 5.75 Å². The van der Waals surface area contributed by atoms with E-state index in [1.54, 1.807) is 12.1 Å². The summed E-state index contributed by atoms with van der Waals surface area (Å²) in [6, 6.07) is 11.9. The number of nitrogens with zero attached hydrogens (tertiary/aromatic N) is 3. The van der Waals surface area contributed by atoms with E-state index in [4.69, 9.17) is 20.4 Å². The van der Waals surface area contributed by atoms with Gasteiger partial charge in [-0.3, -0.25) is 14.5 Å². The van der Waals surface area contributed by atoms with Crippen molar-refractivity contribution in [1.29, 1.82) is 0 Å². The van der Waals surface area contributed by atoms with E-state index in [0.29, 0.717) is 5.75 Å². The first-order valence-electron chi connectivity index (χ1n) is 11.4. The lowest BCUT2D eigenvalue weighted by atomic mass is 9.96. The average molecular weight is 534 g/mol. The maximum atomic E-state index is 10.3. The highest BCUT2D eigenvalue weighted by molar-refractivity contribution is 7.11. The van der Waals surface area contributed by atoms with E-state index < -0.39 is 36.4 Å². The number of carbonyl (C=O) groups is 3. The number of aryl methyl sites for hydroxylation is 2. The molecule has 2 heterocycles. The SMILES string of the molecule is Cc1ccc(CN(CCCn2ccnc2)Cc2ccc(O)cc2)s1.O=C(O)CC(O)(CC(=O)O)C(=O)O. The van der Waals surface area contributed by atoms with E-state index in [-0.39, 0.29) is 0 Å². The minimum Gasteiger partial charge on any atom is -0.508 e. The molecule has 2 aromatic heterocycles. The summed E-state index contributed by atoms with van der Waals surface area (Å²) in [7, 11) is 0. The third-order valence-corrected chi connectivity index (χ3v) is 6.24. The number of thiophene rings is 1. The number of aliphatic hydroxyl groups is 1. The van der Waals surface area contributed by atoms with Gasteiger partial charge in [-0.25, -0.2) is 9.78 Å².